The molecule has 7 aliphatic heterocycles. The maximum absolute atomic E-state index is 13.3. The number of carbonyl (C=O) groups excluding carboxylic acids is 3. The Balaban J connectivity index is 1.19. The zero-order valence-corrected chi connectivity index (χ0v) is 49.3. The highest BCUT2D eigenvalue weighted by molar-refractivity contribution is 5.76. The van der Waals surface area contributed by atoms with Crippen LogP contribution in [0.1, 0.15) is 41.0 Å². The van der Waals surface area contributed by atoms with Crippen molar-refractivity contribution < 1.29 is 183 Å². The fourth-order valence-electron chi connectivity index (χ4n) is 11.6. The molecule has 3 amide bonds. The number of rotatable bonds is 23. The molecule has 1 unspecified atom stereocenters. The lowest BCUT2D eigenvalue weighted by Crippen LogP contribution is -2.71. The van der Waals surface area contributed by atoms with Gasteiger partial charge in [-0.25, -0.2) is 4.79 Å². The second-order valence-electron chi connectivity index (χ2n) is 23.2. The molecule has 526 valence electrons. The number of carbonyl (C=O) groups is 4. The van der Waals surface area contributed by atoms with E-state index in [-0.39, 0.29) is 0 Å². The predicted octanol–water partition coefficient (Wildman–Crippen LogP) is -14.6. The minimum atomic E-state index is -3.17. The Hall–Kier alpha value is -3.40. The fraction of sp³-hybridized carbons (Fsp3) is 0.922. The quantitative estimate of drug-likeness (QED) is 0.0452. The number of hydrogen-bond acceptors (Lipinski definition) is 36. The van der Waals surface area contributed by atoms with E-state index in [4.69, 9.17) is 61.6 Å². The van der Waals surface area contributed by atoms with Crippen LogP contribution in [0, 0.1) is 0 Å². The average Bonchev–Trinajstić information content (AvgIpc) is 0.797. The lowest BCUT2D eigenvalue weighted by molar-refractivity contribution is -0.400. The molecule has 40 heteroatoms. The lowest BCUT2D eigenvalue weighted by atomic mass is 9.90. The number of aliphatic hydroxyl groups is 19. The first-order valence-corrected chi connectivity index (χ1v) is 29.0. The molecule has 0 spiro atoms. The lowest BCUT2D eigenvalue weighted by Gasteiger charge is -2.52. The van der Waals surface area contributed by atoms with Gasteiger partial charge in [0.25, 0.3) is 5.79 Å². The van der Waals surface area contributed by atoms with Crippen LogP contribution in [-0.2, 0) is 80.8 Å². The molecule has 91 heavy (non-hydrogen) atoms. The van der Waals surface area contributed by atoms with Gasteiger partial charge in [0.05, 0.1) is 51.3 Å². The molecule has 0 aromatic heterocycles. The van der Waals surface area contributed by atoms with Gasteiger partial charge < -0.3 is 180 Å². The zero-order valence-electron chi connectivity index (χ0n) is 49.3. The highest BCUT2D eigenvalue weighted by Crippen LogP contribution is 2.40. The van der Waals surface area contributed by atoms with E-state index in [1.807, 2.05) is 0 Å². The molecular weight excluding hydrogens is 1250 g/mol. The fourth-order valence-corrected chi connectivity index (χ4v) is 11.6. The maximum Gasteiger partial charge on any atom is 0.364 e. The number of aliphatic carboxylic acids is 1. The molecule has 0 aromatic rings. The molecule has 0 bridgehead atoms. The Kier molecular flexibility index (Phi) is 26.1. The summed E-state index contributed by atoms with van der Waals surface area (Å²) in [7, 11) is 0. The van der Waals surface area contributed by atoms with Crippen molar-refractivity contribution in [3.8, 4) is 0 Å². The van der Waals surface area contributed by atoms with Crippen LogP contribution in [0.5, 0.6) is 0 Å². The van der Waals surface area contributed by atoms with Gasteiger partial charge in [-0.3, -0.25) is 14.4 Å². The van der Waals surface area contributed by atoms with Gasteiger partial charge in [0.15, 0.2) is 37.7 Å². The van der Waals surface area contributed by atoms with Crippen LogP contribution in [0.25, 0.3) is 0 Å². The topological polar surface area (TPSA) is 629 Å². The molecule has 23 N–H and O–H groups in total. The van der Waals surface area contributed by atoms with Crippen LogP contribution in [0.15, 0.2) is 0 Å². The number of amides is 3. The van der Waals surface area contributed by atoms with Crippen LogP contribution in [0.3, 0.4) is 0 Å². The SMILES string of the molecule is CC(=O)N[C@H]1[C@H](O[C@H]2[C@@H](O)[C@@H](CO[C@]3(C(=O)O)C[C@H](O[C@@H]4O[C@@H](C)[C@@H](O)[C@@H](O)[C@@H]4O)[C@@H](O)[C@H]([C@H](O)[C@H](O)CO)O3)OC(O)[C@@H]2NC(C)=O)O[C@H](CO)[C@@H](O[C@@H]2O[C@H](CO)[C@H](O)[C@H](O[C@@H]3O[C@H](CO)[C@H](O)[C@H](O)[C@H]3NC(C)=O)[C@H]2O[C@@H]2O[C@@H](C)[C@@H](O)[C@@H](O)[C@@H]2O)[C@@H]1O. The van der Waals surface area contributed by atoms with Gasteiger partial charge in [0.2, 0.25) is 17.7 Å². The molecule has 40 nitrogen and oxygen atoms in total. The standard InChI is InChI=1S/C51H85N3O37/c1-12-26(63)35(72)37(74)47(80-12)83-18-6-51(50(77)78,91-41(30(18)67)28(65)17(62)7-55)79-11-22-32(69)40(25(44(76)82-22)54-16(5)61)88-46-24(53-15(4)60)34(71)39(21(10-58)86-46)87-49-43(90-48-38(75)36(73)27(64)13(2)81-48)42(31(68)20(9-57)85-49)89-45-23(52-14(3)59)33(70)29(66)19(8-56)84-45/h12-13,17-49,55-58,62-76H,6-11H2,1-5H3,(H,52,59)(H,53,60)(H,54,61)(H,77,78)/t12-,13-,17+,18-,19+,20+,21+,22+,23+,24+,25+,26+,27+,28+,29-,30+,31-,32-,33+,34+,35+,36+,37-,38-,39+,40+,41-,42-,43+,44?,45-,46-,47-,48-,49-,51+/m0/s1. The third-order valence-electron chi connectivity index (χ3n) is 16.7. The number of nitrogens with one attached hydrogen (secondary N) is 3. The zero-order chi connectivity index (χ0) is 67.6. The minimum absolute atomic E-state index is 0.822. The Morgan fingerprint density at radius 2 is 0.912 bits per heavy atom. The molecule has 7 saturated heterocycles. The van der Waals surface area contributed by atoms with Gasteiger partial charge in [-0.2, -0.15) is 0 Å². The van der Waals surface area contributed by atoms with Crippen LogP contribution in [0.2, 0.25) is 0 Å². The summed E-state index contributed by atoms with van der Waals surface area (Å²) < 4.78 is 76.3. The minimum Gasteiger partial charge on any atom is -0.477 e. The van der Waals surface area contributed by atoms with E-state index >= 15 is 0 Å². The van der Waals surface area contributed by atoms with Crippen molar-refractivity contribution in [2.75, 3.05) is 33.0 Å². The van der Waals surface area contributed by atoms with E-state index in [2.05, 4.69) is 16.0 Å². The highest BCUT2D eigenvalue weighted by Gasteiger charge is 2.61. The van der Waals surface area contributed by atoms with Gasteiger partial charge in [0, 0.05) is 27.2 Å². The number of carboxylic acids is 1. The third kappa shape index (κ3) is 16.4. The monoisotopic (exact) mass is 1330 g/mol. The smallest absolute Gasteiger partial charge is 0.364 e. The normalized spacial score (nSPS) is 48.0. The summed E-state index contributed by atoms with van der Waals surface area (Å²) in [5.74, 6) is -7.93. The van der Waals surface area contributed by atoms with Gasteiger partial charge in [-0.05, 0) is 13.8 Å². The summed E-state index contributed by atoms with van der Waals surface area (Å²) in [5.41, 5.74) is 0. The summed E-state index contributed by atoms with van der Waals surface area (Å²) in [4.78, 5) is 51.5. The van der Waals surface area contributed by atoms with Crippen molar-refractivity contribution in [3.05, 3.63) is 0 Å². The van der Waals surface area contributed by atoms with Crippen LogP contribution < -0.4 is 16.0 Å². The van der Waals surface area contributed by atoms with E-state index in [9.17, 15) is 121 Å². The molecule has 0 aliphatic carbocycles. The van der Waals surface area contributed by atoms with E-state index in [1.165, 1.54) is 13.8 Å². The maximum atomic E-state index is 13.3. The largest absolute Gasteiger partial charge is 0.477 e. The van der Waals surface area contributed by atoms with Crippen molar-refractivity contribution in [2.24, 2.45) is 0 Å². The molecule has 7 rings (SSSR count). The first-order chi connectivity index (χ1) is 42.7. The van der Waals surface area contributed by atoms with Crippen LogP contribution in [-0.4, -0.2) is 379 Å². The first-order valence-electron chi connectivity index (χ1n) is 29.0. The number of ether oxygens (including phenoxy) is 13. The third-order valence-corrected chi connectivity index (χ3v) is 16.7. The number of carboxylic acid groups (broad SMARTS) is 1. The Bertz CT molecular complexity index is 2380. The Morgan fingerprint density at radius 3 is 1.43 bits per heavy atom. The summed E-state index contributed by atoms with van der Waals surface area (Å²) >= 11 is 0. The summed E-state index contributed by atoms with van der Waals surface area (Å²) in [5, 5.41) is 225. The van der Waals surface area contributed by atoms with Crippen molar-refractivity contribution >= 4 is 23.7 Å². The molecule has 0 saturated carbocycles. The summed E-state index contributed by atoms with van der Waals surface area (Å²) in [6, 6.07) is -5.56. The van der Waals surface area contributed by atoms with Gasteiger partial charge in [-0.15, -0.1) is 0 Å². The second-order valence-corrected chi connectivity index (χ2v) is 23.2. The van der Waals surface area contributed by atoms with E-state index < -0.39 is 284 Å². The molecule has 36 atom stereocenters. The first kappa shape index (κ1) is 75.0. The Labute approximate surface area is 516 Å². The molecule has 7 aliphatic rings. The number of hydrogen-bond donors (Lipinski definition) is 23. The average molecular weight is 1330 g/mol. The van der Waals surface area contributed by atoms with E-state index in [0.717, 1.165) is 20.8 Å². The molecule has 7 fully saturated rings. The van der Waals surface area contributed by atoms with E-state index in [0.29, 0.717) is 0 Å². The summed E-state index contributed by atoms with van der Waals surface area (Å²) in [6.45, 7) is -0.236. The van der Waals surface area contributed by atoms with Gasteiger partial charge in [-0.1, -0.05) is 0 Å². The van der Waals surface area contributed by atoms with Crippen molar-refractivity contribution in [1.82, 2.24) is 16.0 Å². The van der Waals surface area contributed by atoms with Crippen molar-refractivity contribution in [1.29, 1.82) is 0 Å². The molecule has 0 radical (unpaired) electrons. The second kappa shape index (κ2) is 31.6. The van der Waals surface area contributed by atoms with Crippen molar-refractivity contribution in [2.45, 2.75) is 261 Å². The van der Waals surface area contributed by atoms with E-state index in [1.54, 1.807) is 0 Å². The molecule has 0 aromatic carbocycles. The molecule has 7 heterocycles. The van der Waals surface area contributed by atoms with Crippen LogP contribution in [0.4, 0.5) is 0 Å². The predicted molar refractivity (Wildman–Crippen MR) is 281 cm³/mol. The van der Waals surface area contributed by atoms with Gasteiger partial charge in [0.1, 0.15) is 159 Å². The summed E-state index contributed by atoms with van der Waals surface area (Å²) in [6.07, 6.45) is -64.8. The Morgan fingerprint density at radius 1 is 0.462 bits per heavy atom. The van der Waals surface area contributed by atoms with Crippen LogP contribution >= 0.6 is 0 Å². The van der Waals surface area contributed by atoms with Crippen molar-refractivity contribution in [3.63, 3.8) is 0 Å². The highest BCUT2D eigenvalue weighted by atomic mass is 16.8. The van der Waals surface area contributed by atoms with Gasteiger partial charge >= 0.3 is 5.97 Å². The number of aliphatic hydroxyl groups excluding tert-OH is 19. The molecular formula is C51H85N3O37.